The van der Waals surface area contributed by atoms with Gasteiger partial charge in [0.1, 0.15) is 22.8 Å². The maximum atomic E-state index is 13.2. The summed E-state index contributed by atoms with van der Waals surface area (Å²) in [6.07, 6.45) is 0.494. The number of phenols is 1. The van der Waals surface area contributed by atoms with E-state index in [9.17, 15) is 19.8 Å². The summed E-state index contributed by atoms with van der Waals surface area (Å²) in [6.45, 7) is 8.36. The number of methoxy groups -OCH3 is 1. The molecular weight excluding hydrogens is 490 g/mol. The number of rotatable bonds is 10. The molecule has 2 heterocycles. The first-order valence-corrected chi connectivity index (χ1v) is 13.0. The van der Waals surface area contributed by atoms with E-state index in [0.717, 1.165) is 11.3 Å². The molecule has 1 unspecified atom stereocenters. The second-order valence-corrected chi connectivity index (χ2v) is 10.3. The largest absolute Gasteiger partial charge is 0.506 e. The number of fused-ring (bicyclic) bond motifs is 2. The quantitative estimate of drug-likeness (QED) is 0.339. The first-order chi connectivity index (χ1) is 18.1. The highest BCUT2D eigenvalue weighted by Gasteiger charge is 2.44. The Morgan fingerprint density at radius 3 is 2.63 bits per heavy atom. The number of ether oxygens (including phenoxy) is 3. The number of amides is 2. The van der Waals surface area contributed by atoms with E-state index < -0.39 is 23.3 Å². The molecule has 0 bridgehead atoms. The van der Waals surface area contributed by atoms with Crippen molar-refractivity contribution < 1.29 is 34.0 Å². The van der Waals surface area contributed by atoms with Crippen LogP contribution in [-0.2, 0) is 15.1 Å². The Hall–Kier alpha value is -3.50. The second kappa shape index (κ2) is 10.7. The van der Waals surface area contributed by atoms with Crippen molar-refractivity contribution in [3.8, 4) is 17.2 Å². The highest BCUT2D eigenvalue weighted by molar-refractivity contribution is 5.97. The molecule has 0 aromatic heterocycles. The van der Waals surface area contributed by atoms with Crippen LogP contribution in [0.25, 0.3) is 0 Å². The number of aliphatic hydroxyl groups excluding tert-OH is 1. The van der Waals surface area contributed by atoms with Gasteiger partial charge in [0.05, 0.1) is 18.9 Å². The molecule has 0 saturated carbocycles. The van der Waals surface area contributed by atoms with E-state index in [0.29, 0.717) is 37.1 Å². The van der Waals surface area contributed by atoms with E-state index >= 15 is 0 Å². The average Bonchev–Trinajstić information content (AvgIpc) is 2.91. The molecule has 1 atom stereocenters. The number of nitrogens with one attached hydrogen (secondary N) is 2. The first-order valence-electron chi connectivity index (χ1n) is 13.0. The van der Waals surface area contributed by atoms with Crippen molar-refractivity contribution in [2.45, 2.75) is 64.2 Å². The normalized spacial score (nSPS) is 17.1. The van der Waals surface area contributed by atoms with Crippen LogP contribution in [0.5, 0.6) is 17.2 Å². The Morgan fingerprint density at radius 2 is 1.95 bits per heavy atom. The summed E-state index contributed by atoms with van der Waals surface area (Å²) in [5.74, 6) is 0.377. The molecule has 2 amide bonds. The van der Waals surface area contributed by atoms with Gasteiger partial charge >= 0.3 is 6.09 Å². The predicted molar refractivity (Wildman–Crippen MR) is 143 cm³/mol. The fourth-order valence-electron chi connectivity index (χ4n) is 5.08. The minimum absolute atomic E-state index is 0.128. The average molecular weight is 528 g/mol. The Balaban J connectivity index is 1.48. The molecule has 2 aromatic carbocycles. The summed E-state index contributed by atoms with van der Waals surface area (Å²) in [7, 11) is 1.59. The third-order valence-electron chi connectivity index (χ3n) is 7.50. The number of phenolic OH excluding ortho intramolecular Hbond substituents is 1. The summed E-state index contributed by atoms with van der Waals surface area (Å²) in [5, 5.41) is 27.0. The Labute approximate surface area is 222 Å². The van der Waals surface area contributed by atoms with E-state index in [-0.39, 0.29) is 36.2 Å². The summed E-state index contributed by atoms with van der Waals surface area (Å²) >= 11 is 0. The zero-order valence-corrected chi connectivity index (χ0v) is 22.6. The van der Waals surface area contributed by atoms with Crippen LogP contribution in [0, 0.1) is 0 Å². The molecule has 2 aliphatic heterocycles. The molecular formula is C28H37N3O7. The molecule has 0 aliphatic carbocycles. The van der Waals surface area contributed by atoms with Crippen molar-refractivity contribution in [3.63, 3.8) is 0 Å². The Bertz CT molecular complexity index is 1210. The zero-order valence-electron chi connectivity index (χ0n) is 22.6. The molecule has 10 heteroatoms. The van der Waals surface area contributed by atoms with Gasteiger partial charge in [0.15, 0.2) is 12.4 Å². The highest BCUT2D eigenvalue weighted by atomic mass is 16.6. The molecule has 0 saturated heterocycles. The van der Waals surface area contributed by atoms with Crippen LogP contribution in [0.4, 0.5) is 16.2 Å². The Kier molecular flexibility index (Phi) is 7.75. The van der Waals surface area contributed by atoms with Gasteiger partial charge in [-0.3, -0.25) is 9.69 Å². The van der Waals surface area contributed by atoms with E-state index in [1.54, 1.807) is 18.1 Å². The number of hydrogen-bond donors (Lipinski definition) is 4. The standard InChI is InChI=1S/C28H37N3O7/c1-6-28(7-2)18-9-8-10-21(36-5)24(18)31(26(35)38-28)14-13-27(3,4)29-15-20(33)17-11-12-19(32)23-25(17)37-16-22(34)30-23/h8-12,20,29,32-33H,6-7,13-16H2,1-5H3,(H,30,34). The number of cyclic esters (lactones) is 1. The van der Waals surface area contributed by atoms with Crippen molar-refractivity contribution >= 4 is 23.4 Å². The summed E-state index contributed by atoms with van der Waals surface area (Å²) in [6, 6.07) is 8.75. The van der Waals surface area contributed by atoms with Crippen LogP contribution in [0.2, 0.25) is 0 Å². The van der Waals surface area contributed by atoms with Gasteiger partial charge < -0.3 is 35.1 Å². The van der Waals surface area contributed by atoms with Gasteiger partial charge in [-0.15, -0.1) is 0 Å². The summed E-state index contributed by atoms with van der Waals surface area (Å²) in [5.41, 5.74) is 1.12. The molecule has 4 rings (SSSR count). The molecule has 38 heavy (non-hydrogen) atoms. The number of aliphatic hydroxyl groups is 1. The lowest BCUT2D eigenvalue weighted by Crippen LogP contribution is -2.49. The van der Waals surface area contributed by atoms with Gasteiger partial charge in [0, 0.05) is 29.8 Å². The molecule has 0 fully saturated rings. The number of para-hydroxylation sites is 1. The van der Waals surface area contributed by atoms with E-state index in [1.165, 1.54) is 6.07 Å². The van der Waals surface area contributed by atoms with Crippen LogP contribution in [0.15, 0.2) is 30.3 Å². The van der Waals surface area contributed by atoms with Gasteiger partial charge in [-0.25, -0.2) is 4.79 Å². The smallest absolute Gasteiger partial charge is 0.415 e. The van der Waals surface area contributed by atoms with Gasteiger partial charge in [-0.1, -0.05) is 26.0 Å². The summed E-state index contributed by atoms with van der Waals surface area (Å²) < 4.78 is 17.1. The molecule has 0 radical (unpaired) electrons. The monoisotopic (exact) mass is 527 g/mol. The van der Waals surface area contributed by atoms with Crippen molar-refractivity contribution in [3.05, 3.63) is 41.5 Å². The van der Waals surface area contributed by atoms with Gasteiger partial charge in [0.25, 0.3) is 5.91 Å². The van der Waals surface area contributed by atoms with Gasteiger partial charge in [-0.05, 0) is 51.3 Å². The zero-order chi connectivity index (χ0) is 27.7. The highest BCUT2D eigenvalue weighted by Crippen LogP contribution is 2.48. The maximum absolute atomic E-state index is 13.2. The minimum atomic E-state index is -0.964. The number of anilines is 2. The van der Waals surface area contributed by atoms with E-state index in [4.69, 9.17) is 14.2 Å². The van der Waals surface area contributed by atoms with Crippen molar-refractivity contribution in [2.75, 3.05) is 37.0 Å². The van der Waals surface area contributed by atoms with Crippen LogP contribution >= 0.6 is 0 Å². The molecule has 4 N–H and O–H groups in total. The number of benzene rings is 2. The summed E-state index contributed by atoms with van der Waals surface area (Å²) in [4.78, 5) is 26.5. The van der Waals surface area contributed by atoms with E-state index in [1.807, 2.05) is 45.9 Å². The number of β-amino-alcohol motifs (C(OH)–C–C–N with tert-alkyl or cyclic N) is 1. The molecule has 2 aliphatic rings. The maximum Gasteiger partial charge on any atom is 0.415 e. The molecule has 206 valence electrons. The van der Waals surface area contributed by atoms with Crippen molar-refractivity contribution in [1.29, 1.82) is 0 Å². The number of carbonyl (C=O) groups is 2. The topological polar surface area (TPSA) is 130 Å². The van der Waals surface area contributed by atoms with Crippen LogP contribution in [0.1, 0.15) is 64.2 Å². The lowest BCUT2D eigenvalue weighted by Gasteiger charge is -2.43. The number of nitrogens with zero attached hydrogens (tertiary/aromatic N) is 1. The van der Waals surface area contributed by atoms with Gasteiger partial charge in [-0.2, -0.15) is 0 Å². The first kappa shape index (κ1) is 27.5. The number of aromatic hydroxyl groups is 1. The predicted octanol–water partition coefficient (Wildman–Crippen LogP) is 4.20. The van der Waals surface area contributed by atoms with Crippen LogP contribution in [0.3, 0.4) is 0 Å². The van der Waals surface area contributed by atoms with Gasteiger partial charge in [0.2, 0.25) is 0 Å². The van der Waals surface area contributed by atoms with Crippen molar-refractivity contribution in [1.82, 2.24) is 5.32 Å². The SMILES string of the molecule is CCC1(CC)OC(=O)N(CCC(C)(C)NCC(O)c2ccc(O)c3c2OCC(=O)N3)c2c(OC)cccc21. The lowest BCUT2D eigenvalue weighted by atomic mass is 9.85. The molecule has 0 spiro atoms. The second-order valence-electron chi connectivity index (χ2n) is 10.3. The van der Waals surface area contributed by atoms with E-state index in [2.05, 4.69) is 10.6 Å². The third kappa shape index (κ3) is 5.10. The Morgan fingerprint density at radius 1 is 1.21 bits per heavy atom. The van der Waals surface area contributed by atoms with Crippen LogP contribution in [-0.4, -0.2) is 54.6 Å². The fourth-order valence-corrected chi connectivity index (χ4v) is 5.08. The molecule has 10 nitrogen and oxygen atoms in total. The van der Waals surface area contributed by atoms with Crippen molar-refractivity contribution in [2.24, 2.45) is 0 Å². The third-order valence-corrected chi connectivity index (χ3v) is 7.50. The number of hydrogen-bond acceptors (Lipinski definition) is 8. The fraction of sp³-hybridized carbons (Fsp3) is 0.500. The van der Waals surface area contributed by atoms with Crippen LogP contribution < -0.4 is 25.0 Å². The number of carbonyl (C=O) groups excluding carboxylic acids is 2. The molecule has 2 aromatic rings. The minimum Gasteiger partial charge on any atom is -0.506 e. The lowest BCUT2D eigenvalue weighted by molar-refractivity contribution is -0.118.